The van der Waals surface area contributed by atoms with Crippen LogP contribution in [0.1, 0.15) is 51.3 Å². The minimum Gasteiger partial charge on any atom is -0.444 e. The van der Waals surface area contributed by atoms with Gasteiger partial charge in [0, 0.05) is 0 Å². The number of hydrogen-bond acceptors (Lipinski definition) is 9. The summed E-state index contributed by atoms with van der Waals surface area (Å²) in [5.41, 5.74) is -1.38. The number of aryl methyl sites for hydroxylation is 1. The smallest absolute Gasteiger partial charge is 0.408 e. The van der Waals surface area contributed by atoms with Crippen LogP contribution in [0, 0.1) is 6.92 Å². The Morgan fingerprint density at radius 3 is 2.58 bits per heavy atom. The van der Waals surface area contributed by atoms with Gasteiger partial charge >= 0.3 is 6.09 Å². The van der Waals surface area contributed by atoms with E-state index < -0.39 is 17.2 Å². The molecule has 24 heavy (non-hydrogen) atoms. The molecule has 1 amide bonds. The quantitative estimate of drug-likeness (QED) is 0.799. The van der Waals surface area contributed by atoms with Gasteiger partial charge < -0.3 is 14.6 Å². The molecule has 0 fully saturated rings. The van der Waals surface area contributed by atoms with Gasteiger partial charge in [-0.2, -0.15) is 4.98 Å². The van der Waals surface area contributed by atoms with Crippen molar-refractivity contribution in [1.29, 1.82) is 0 Å². The van der Waals surface area contributed by atoms with Crippen LogP contribution in [-0.4, -0.2) is 32.0 Å². The second kappa shape index (κ2) is 7.06. The maximum absolute atomic E-state index is 11.9. The normalized spacial score (nSPS) is 12.2. The highest BCUT2D eigenvalue weighted by Crippen LogP contribution is 2.26. The first kappa shape index (κ1) is 18.7. The summed E-state index contributed by atoms with van der Waals surface area (Å²) in [5, 5.41) is 15.6. The van der Waals surface area contributed by atoms with Crippen LogP contribution in [0.15, 0.2) is 8.86 Å². The average molecular weight is 371 g/mol. The molecule has 0 saturated carbocycles. The molecule has 2 heterocycles. The molecule has 2 aromatic rings. The van der Waals surface area contributed by atoms with Crippen LogP contribution < -0.4 is 5.32 Å². The fourth-order valence-corrected chi connectivity index (χ4v) is 3.30. The molecule has 0 saturated heterocycles. The topological polar surface area (TPSA) is 103 Å². The van der Waals surface area contributed by atoms with Gasteiger partial charge in [-0.1, -0.05) is 28.3 Å². The Labute approximate surface area is 148 Å². The number of hydrogen-bond donors (Lipinski definition) is 1. The Bertz CT molecular complexity index is 705. The molecule has 132 valence electrons. The molecule has 2 rings (SSSR count). The van der Waals surface area contributed by atoms with E-state index in [1.165, 1.54) is 23.1 Å². The number of amides is 1. The number of rotatable bonds is 5. The van der Waals surface area contributed by atoms with Crippen molar-refractivity contribution in [3.05, 3.63) is 16.7 Å². The lowest BCUT2D eigenvalue weighted by atomic mass is 10.1. The third-order valence-corrected chi connectivity index (χ3v) is 4.62. The highest BCUT2D eigenvalue weighted by Gasteiger charge is 2.30. The second-order valence-electron chi connectivity index (χ2n) is 6.64. The largest absolute Gasteiger partial charge is 0.444 e. The molecule has 0 aromatic carbocycles. The SMILES string of the molecule is Cc1nnc(SCc2nc(C(C)(C)NC(=O)OC(C)(C)C)no2)s1. The van der Waals surface area contributed by atoms with Gasteiger partial charge in [-0.05, 0) is 41.5 Å². The molecule has 1 N–H and O–H groups in total. The number of carbonyl (C=O) groups is 1. The van der Waals surface area contributed by atoms with Gasteiger partial charge in [0.05, 0.1) is 5.75 Å². The third-order valence-electron chi connectivity index (χ3n) is 2.67. The average Bonchev–Trinajstić information content (AvgIpc) is 3.02. The van der Waals surface area contributed by atoms with Crippen LogP contribution in [0.25, 0.3) is 0 Å². The molecule has 0 radical (unpaired) electrons. The van der Waals surface area contributed by atoms with Gasteiger partial charge in [-0.25, -0.2) is 4.79 Å². The van der Waals surface area contributed by atoms with E-state index in [2.05, 4.69) is 25.7 Å². The second-order valence-corrected chi connectivity index (χ2v) is 9.04. The van der Waals surface area contributed by atoms with E-state index in [0.717, 1.165) is 9.35 Å². The van der Waals surface area contributed by atoms with Gasteiger partial charge in [-0.3, -0.25) is 0 Å². The van der Waals surface area contributed by atoms with Gasteiger partial charge in [0.15, 0.2) is 10.2 Å². The van der Waals surface area contributed by atoms with Crippen LogP contribution in [0.3, 0.4) is 0 Å². The van der Waals surface area contributed by atoms with E-state index in [0.29, 0.717) is 17.5 Å². The third kappa shape index (κ3) is 5.45. The predicted molar refractivity (Wildman–Crippen MR) is 90.9 cm³/mol. The van der Waals surface area contributed by atoms with Crippen molar-refractivity contribution in [2.24, 2.45) is 0 Å². The molecule has 0 aliphatic carbocycles. The van der Waals surface area contributed by atoms with Gasteiger partial charge in [0.2, 0.25) is 5.89 Å². The summed E-state index contributed by atoms with van der Waals surface area (Å²) in [7, 11) is 0. The lowest BCUT2D eigenvalue weighted by Gasteiger charge is -2.26. The van der Waals surface area contributed by atoms with Crippen LogP contribution in [-0.2, 0) is 16.0 Å². The minimum absolute atomic E-state index is 0.386. The molecule has 0 atom stereocenters. The van der Waals surface area contributed by atoms with Crippen molar-refractivity contribution in [2.45, 2.75) is 62.8 Å². The molecule has 2 aromatic heterocycles. The number of thioether (sulfide) groups is 1. The first-order valence-electron chi connectivity index (χ1n) is 7.32. The van der Waals surface area contributed by atoms with E-state index in [1.807, 2.05) is 6.92 Å². The molecule has 10 heteroatoms. The Hall–Kier alpha value is -1.68. The van der Waals surface area contributed by atoms with Crippen molar-refractivity contribution >= 4 is 29.2 Å². The zero-order valence-electron chi connectivity index (χ0n) is 14.5. The van der Waals surface area contributed by atoms with Gasteiger partial charge in [0.1, 0.15) is 16.1 Å². The first-order chi connectivity index (χ1) is 11.0. The van der Waals surface area contributed by atoms with E-state index >= 15 is 0 Å². The first-order valence-corrected chi connectivity index (χ1v) is 9.12. The van der Waals surface area contributed by atoms with E-state index in [-0.39, 0.29) is 0 Å². The lowest BCUT2D eigenvalue weighted by molar-refractivity contribution is 0.0465. The Morgan fingerprint density at radius 2 is 2.00 bits per heavy atom. The molecule has 0 unspecified atom stereocenters. The van der Waals surface area contributed by atoms with Crippen molar-refractivity contribution in [2.75, 3.05) is 0 Å². The number of nitrogens with zero attached hydrogens (tertiary/aromatic N) is 4. The number of alkyl carbamates (subject to hydrolysis) is 1. The summed E-state index contributed by atoms with van der Waals surface area (Å²) in [6.45, 7) is 10.9. The highest BCUT2D eigenvalue weighted by atomic mass is 32.2. The fourth-order valence-electron chi connectivity index (χ4n) is 1.64. The summed E-state index contributed by atoms with van der Waals surface area (Å²) in [6, 6.07) is 0. The highest BCUT2D eigenvalue weighted by molar-refractivity contribution is 8.00. The predicted octanol–water partition coefficient (Wildman–Crippen LogP) is 3.28. The van der Waals surface area contributed by atoms with E-state index in [1.54, 1.807) is 34.6 Å². The molecular weight excluding hydrogens is 350 g/mol. The van der Waals surface area contributed by atoms with E-state index in [4.69, 9.17) is 9.26 Å². The van der Waals surface area contributed by atoms with Gasteiger partial charge in [0.25, 0.3) is 0 Å². The summed E-state index contributed by atoms with van der Waals surface area (Å²) in [6.07, 6.45) is -0.530. The monoisotopic (exact) mass is 371 g/mol. The van der Waals surface area contributed by atoms with Crippen molar-refractivity contribution in [3.63, 3.8) is 0 Å². The zero-order valence-corrected chi connectivity index (χ0v) is 16.2. The molecule has 0 aliphatic heterocycles. The number of carbonyl (C=O) groups excluding carboxylic acids is 1. The maximum atomic E-state index is 11.9. The molecule has 0 bridgehead atoms. The van der Waals surface area contributed by atoms with Gasteiger partial charge in [-0.15, -0.1) is 10.2 Å². The van der Waals surface area contributed by atoms with Crippen molar-refractivity contribution in [3.8, 4) is 0 Å². The maximum Gasteiger partial charge on any atom is 0.408 e. The number of aromatic nitrogens is 4. The van der Waals surface area contributed by atoms with Crippen LogP contribution >= 0.6 is 23.1 Å². The zero-order chi connectivity index (χ0) is 18.0. The summed E-state index contributed by atoms with van der Waals surface area (Å²) in [4.78, 5) is 16.3. The molecular formula is C14H21N5O3S2. The summed E-state index contributed by atoms with van der Waals surface area (Å²) >= 11 is 2.99. The number of ether oxygens (including phenoxy) is 1. The molecule has 0 aliphatic rings. The number of nitrogens with one attached hydrogen (secondary N) is 1. The summed E-state index contributed by atoms with van der Waals surface area (Å²) in [5.74, 6) is 1.34. The van der Waals surface area contributed by atoms with Crippen LogP contribution in [0.5, 0.6) is 0 Å². The lowest BCUT2D eigenvalue weighted by Crippen LogP contribution is -2.44. The van der Waals surface area contributed by atoms with E-state index in [9.17, 15) is 4.79 Å². The van der Waals surface area contributed by atoms with Crippen molar-refractivity contribution < 1.29 is 14.1 Å². The Kier molecular flexibility index (Phi) is 5.49. The standard InChI is InChI=1S/C14H21N5O3S2/c1-8-17-18-12(24-8)23-7-9-15-10(19-22-9)14(5,6)16-11(20)21-13(2,3)4/h7H2,1-6H3,(H,16,20). The van der Waals surface area contributed by atoms with Crippen LogP contribution in [0.2, 0.25) is 0 Å². The fraction of sp³-hybridized carbons (Fsp3) is 0.643. The van der Waals surface area contributed by atoms with Crippen LogP contribution in [0.4, 0.5) is 4.79 Å². The Balaban J connectivity index is 1.96. The van der Waals surface area contributed by atoms with Crippen molar-refractivity contribution in [1.82, 2.24) is 25.7 Å². The minimum atomic E-state index is -0.811. The molecule has 0 spiro atoms. The Morgan fingerprint density at radius 1 is 1.29 bits per heavy atom. The molecule has 8 nitrogen and oxygen atoms in total. The summed E-state index contributed by atoms with van der Waals surface area (Å²) < 4.78 is 11.3.